The van der Waals surface area contributed by atoms with Crippen molar-refractivity contribution < 1.29 is 4.79 Å². The molecule has 1 saturated carbocycles. The Morgan fingerprint density at radius 2 is 2.00 bits per heavy atom. The summed E-state index contributed by atoms with van der Waals surface area (Å²) in [4.78, 5) is 21.6. The molecule has 0 radical (unpaired) electrons. The van der Waals surface area contributed by atoms with Crippen LogP contribution in [0, 0.1) is 10.3 Å². The van der Waals surface area contributed by atoms with Gasteiger partial charge < -0.3 is 0 Å². The van der Waals surface area contributed by atoms with Gasteiger partial charge in [0.05, 0.1) is 6.54 Å². The number of carbonyl (C=O) groups excluding carboxylic acids is 1. The number of rotatable bonds is 5. The van der Waals surface area contributed by atoms with Gasteiger partial charge in [-0.2, -0.15) is 4.91 Å². The minimum atomic E-state index is -0.0607. The van der Waals surface area contributed by atoms with E-state index in [2.05, 4.69) is 5.18 Å². The van der Waals surface area contributed by atoms with Gasteiger partial charge in [-0.3, -0.25) is 4.79 Å². The van der Waals surface area contributed by atoms with Crippen LogP contribution in [0.1, 0.15) is 45.4 Å². The third kappa shape index (κ3) is 2.61. The highest BCUT2D eigenvalue weighted by molar-refractivity contribution is 5.78. The second kappa shape index (κ2) is 4.49. The third-order valence-corrected chi connectivity index (χ3v) is 3.03. The van der Waals surface area contributed by atoms with Crippen molar-refractivity contribution in [3.8, 4) is 0 Å². The highest BCUT2D eigenvalue weighted by Gasteiger charge is 2.35. The zero-order chi connectivity index (χ0) is 9.73. The van der Waals surface area contributed by atoms with Gasteiger partial charge in [-0.25, -0.2) is 0 Å². The molecular formula is C10H17NO2. The maximum Gasteiger partial charge on any atom is 0.133 e. The van der Waals surface area contributed by atoms with E-state index in [9.17, 15) is 9.70 Å². The molecule has 0 aromatic rings. The SMILES string of the molecule is CCC(=O)CC1(CN=O)CCCC1. The Morgan fingerprint density at radius 3 is 2.46 bits per heavy atom. The van der Waals surface area contributed by atoms with Crippen molar-refractivity contribution in [1.82, 2.24) is 0 Å². The quantitative estimate of drug-likeness (QED) is 0.615. The third-order valence-electron chi connectivity index (χ3n) is 3.03. The van der Waals surface area contributed by atoms with Crippen LogP contribution >= 0.6 is 0 Å². The Morgan fingerprint density at radius 1 is 1.38 bits per heavy atom. The van der Waals surface area contributed by atoms with Crippen molar-refractivity contribution in [1.29, 1.82) is 0 Å². The summed E-state index contributed by atoms with van der Waals surface area (Å²) < 4.78 is 0. The normalized spacial score (nSPS) is 20.1. The summed E-state index contributed by atoms with van der Waals surface area (Å²) in [5.74, 6) is 0.269. The van der Waals surface area contributed by atoms with Gasteiger partial charge in [0.15, 0.2) is 0 Å². The molecule has 0 bridgehead atoms. The molecule has 0 unspecified atom stereocenters. The summed E-state index contributed by atoms with van der Waals surface area (Å²) in [6, 6.07) is 0. The number of ketones is 1. The first-order valence-electron chi connectivity index (χ1n) is 5.03. The van der Waals surface area contributed by atoms with Crippen LogP contribution in [-0.4, -0.2) is 12.3 Å². The van der Waals surface area contributed by atoms with Crippen LogP contribution in [0.4, 0.5) is 0 Å². The summed E-state index contributed by atoms with van der Waals surface area (Å²) in [6.07, 6.45) is 5.45. The number of hydrogen-bond acceptors (Lipinski definition) is 3. The maximum atomic E-state index is 11.3. The summed E-state index contributed by atoms with van der Waals surface area (Å²) in [5, 5.41) is 2.97. The predicted octanol–water partition coefficient (Wildman–Crippen LogP) is 2.68. The minimum Gasteiger partial charge on any atom is -0.300 e. The van der Waals surface area contributed by atoms with E-state index in [0.717, 1.165) is 25.7 Å². The van der Waals surface area contributed by atoms with Crippen LogP contribution in [0.5, 0.6) is 0 Å². The van der Waals surface area contributed by atoms with Crippen molar-refractivity contribution in [2.24, 2.45) is 10.6 Å². The monoisotopic (exact) mass is 183 g/mol. The fourth-order valence-electron chi connectivity index (χ4n) is 2.20. The molecule has 0 saturated heterocycles. The van der Waals surface area contributed by atoms with Gasteiger partial charge in [-0.1, -0.05) is 24.9 Å². The van der Waals surface area contributed by atoms with Gasteiger partial charge in [0.1, 0.15) is 5.78 Å². The van der Waals surface area contributed by atoms with Crippen LogP contribution in [-0.2, 0) is 4.79 Å². The summed E-state index contributed by atoms with van der Waals surface area (Å²) in [5.41, 5.74) is -0.0607. The summed E-state index contributed by atoms with van der Waals surface area (Å²) >= 11 is 0. The zero-order valence-electron chi connectivity index (χ0n) is 8.21. The molecule has 0 amide bonds. The first kappa shape index (κ1) is 10.4. The Hall–Kier alpha value is -0.730. The molecule has 0 heterocycles. The number of nitrogens with zero attached hydrogens (tertiary/aromatic N) is 1. The highest BCUT2D eigenvalue weighted by Crippen LogP contribution is 2.41. The molecule has 0 atom stereocenters. The van der Waals surface area contributed by atoms with Gasteiger partial charge in [0, 0.05) is 18.3 Å². The van der Waals surface area contributed by atoms with E-state index >= 15 is 0 Å². The maximum absolute atomic E-state index is 11.3. The Kier molecular flexibility index (Phi) is 3.58. The van der Waals surface area contributed by atoms with E-state index in [-0.39, 0.29) is 11.2 Å². The number of Topliss-reactive ketones (excluding diaryl/α,β-unsaturated/α-hetero) is 1. The Labute approximate surface area is 78.9 Å². The lowest BCUT2D eigenvalue weighted by molar-refractivity contribution is -0.120. The fourth-order valence-corrected chi connectivity index (χ4v) is 2.20. The molecule has 0 spiro atoms. The average Bonchev–Trinajstić information content (AvgIpc) is 2.54. The molecule has 0 aliphatic heterocycles. The molecule has 0 aromatic carbocycles. The summed E-state index contributed by atoms with van der Waals surface area (Å²) in [7, 11) is 0. The number of hydrogen-bond donors (Lipinski definition) is 0. The topological polar surface area (TPSA) is 46.5 Å². The smallest absolute Gasteiger partial charge is 0.133 e. The molecule has 1 fully saturated rings. The zero-order valence-corrected chi connectivity index (χ0v) is 8.21. The standard InChI is InChI=1S/C10H17NO2/c1-2-9(12)7-10(8-11-13)5-3-4-6-10/h2-8H2,1H3. The van der Waals surface area contributed by atoms with Gasteiger partial charge in [-0.15, -0.1) is 0 Å². The van der Waals surface area contributed by atoms with E-state index in [1.807, 2.05) is 6.92 Å². The summed E-state index contributed by atoms with van der Waals surface area (Å²) in [6.45, 7) is 2.21. The molecule has 0 aromatic heterocycles. The predicted molar refractivity (Wildman–Crippen MR) is 51.5 cm³/mol. The van der Waals surface area contributed by atoms with Crippen LogP contribution in [0.2, 0.25) is 0 Å². The second-order valence-electron chi connectivity index (χ2n) is 4.06. The molecule has 74 valence electrons. The van der Waals surface area contributed by atoms with E-state index < -0.39 is 0 Å². The van der Waals surface area contributed by atoms with E-state index in [0.29, 0.717) is 19.4 Å². The van der Waals surface area contributed by atoms with E-state index in [1.54, 1.807) is 0 Å². The van der Waals surface area contributed by atoms with E-state index in [1.165, 1.54) is 0 Å². The van der Waals surface area contributed by atoms with E-state index in [4.69, 9.17) is 0 Å². The van der Waals surface area contributed by atoms with Crippen LogP contribution in [0.3, 0.4) is 0 Å². The average molecular weight is 183 g/mol. The first-order valence-corrected chi connectivity index (χ1v) is 5.03. The molecule has 3 nitrogen and oxygen atoms in total. The van der Waals surface area contributed by atoms with Crippen LogP contribution < -0.4 is 0 Å². The second-order valence-corrected chi connectivity index (χ2v) is 4.06. The highest BCUT2D eigenvalue weighted by atomic mass is 16.3. The molecule has 3 heteroatoms. The fraction of sp³-hybridized carbons (Fsp3) is 0.900. The largest absolute Gasteiger partial charge is 0.300 e. The van der Waals surface area contributed by atoms with Gasteiger partial charge in [-0.05, 0) is 12.8 Å². The van der Waals surface area contributed by atoms with Crippen LogP contribution in [0.15, 0.2) is 5.18 Å². The van der Waals surface area contributed by atoms with Crippen molar-refractivity contribution in [3.05, 3.63) is 4.91 Å². The number of nitroso groups, excluding NO2 is 1. The van der Waals surface area contributed by atoms with Gasteiger partial charge in [0.2, 0.25) is 0 Å². The van der Waals surface area contributed by atoms with Crippen molar-refractivity contribution >= 4 is 5.78 Å². The molecule has 1 aliphatic carbocycles. The lowest BCUT2D eigenvalue weighted by atomic mass is 9.81. The molecule has 0 N–H and O–H groups in total. The molecule has 1 aliphatic rings. The Balaban J connectivity index is 2.55. The number of carbonyl (C=O) groups is 1. The lowest BCUT2D eigenvalue weighted by Crippen LogP contribution is -2.24. The van der Waals surface area contributed by atoms with Crippen molar-refractivity contribution in [2.45, 2.75) is 45.4 Å². The van der Waals surface area contributed by atoms with Gasteiger partial charge in [0.25, 0.3) is 0 Å². The van der Waals surface area contributed by atoms with Crippen LogP contribution in [0.25, 0.3) is 0 Å². The molecule has 13 heavy (non-hydrogen) atoms. The first-order chi connectivity index (χ1) is 6.22. The molecular weight excluding hydrogens is 166 g/mol. The van der Waals surface area contributed by atoms with Gasteiger partial charge >= 0.3 is 0 Å². The Bertz CT molecular complexity index is 195. The minimum absolute atomic E-state index is 0.0607. The lowest BCUT2D eigenvalue weighted by Gasteiger charge is -2.24. The van der Waals surface area contributed by atoms with Crippen molar-refractivity contribution in [2.75, 3.05) is 6.54 Å². The molecule has 1 rings (SSSR count). The van der Waals surface area contributed by atoms with Crippen molar-refractivity contribution in [3.63, 3.8) is 0 Å².